The van der Waals surface area contributed by atoms with E-state index in [9.17, 15) is 15.8 Å². The highest BCUT2D eigenvalue weighted by molar-refractivity contribution is 5.60. The van der Waals surface area contributed by atoms with Gasteiger partial charge < -0.3 is 15.2 Å². The Labute approximate surface area is 205 Å². The molecule has 0 saturated heterocycles. The summed E-state index contributed by atoms with van der Waals surface area (Å²) >= 11 is 0. The fraction of sp³-hybridized carbons (Fsp3) is 0.321. The number of nitrogens with zero attached hydrogens (tertiary/aromatic N) is 4. The van der Waals surface area contributed by atoms with Crippen LogP contribution >= 0.6 is 0 Å². The zero-order valence-corrected chi connectivity index (χ0v) is 19.9. The monoisotopic (exact) mass is 465 g/mol. The zero-order valence-electron chi connectivity index (χ0n) is 19.9. The first-order valence-electron chi connectivity index (χ1n) is 11.4. The average Bonchev–Trinajstić information content (AvgIpc) is 2.91. The summed E-state index contributed by atoms with van der Waals surface area (Å²) in [5.41, 5.74) is 7.80. The molecule has 1 aliphatic carbocycles. The Morgan fingerprint density at radius 3 is 2.37 bits per heavy atom. The summed E-state index contributed by atoms with van der Waals surface area (Å²) in [4.78, 5) is 2.30. The summed E-state index contributed by atoms with van der Waals surface area (Å²) in [7, 11) is 3.10. The van der Waals surface area contributed by atoms with Gasteiger partial charge in [-0.05, 0) is 35.3 Å². The lowest BCUT2D eigenvalue weighted by Gasteiger charge is -2.45. The molecule has 1 aliphatic heterocycles. The van der Waals surface area contributed by atoms with Crippen molar-refractivity contribution in [2.45, 2.75) is 12.3 Å². The zero-order chi connectivity index (χ0) is 25.0. The van der Waals surface area contributed by atoms with Crippen molar-refractivity contribution in [2.75, 3.05) is 33.9 Å². The van der Waals surface area contributed by atoms with Gasteiger partial charge in [-0.3, -0.25) is 4.90 Å². The van der Waals surface area contributed by atoms with Gasteiger partial charge in [-0.15, -0.1) is 0 Å². The number of benzene rings is 2. The number of rotatable bonds is 6. The van der Waals surface area contributed by atoms with Crippen LogP contribution in [0.1, 0.15) is 17.0 Å². The van der Waals surface area contributed by atoms with Crippen molar-refractivity contribution < 1.29 is 9.47 Å². The van der Waals surface area contributed by atoms with Gasteiger partial charge in [0.25, 0.3) is 0 Å². The van der Waals surface area contributed by atoms with Gasteiger partial charge in [0.15, 0.2) is 16.9 Å². The lowest BCUT2D eigenvalue weighted by molar-refractivity contribution is 0.208. The maximum Gasteiger partial charge on any atom is 0.191 e. The Hall–Kier alpha value is -4.25. The molecule has 176 valence electrons. The number of fused-ring (bicyclic) bond motifs is 1. The molecule has 2 N–H and O–H groups in total. The van der Waals surface area contributed by atoms with Crippen LogP contribution < -0.4 is 15.2 Å². The molecule has 2 aromatic carbocycles. The maximum atomic E-state index is 10.3. The van der Waals surface area contributed by atoms with Crippen LogP contribution in [0.4, 0.5) is 0 Å². The number of nitriles is 3. The van der Waals surface area contributed by atoms with E-state index in [1.54, 1.807) is 26.4 Å². The third-order valence-corrected chi connectivity index (χ3v) is 7.07. The third-order valence-electron chi connectivity index (χ3n) is 7.07. The van der Waals surface area contributed by atoms with E-state index in [1.807, 2.05) is 30.3 Å². The highest BCUT2D eigenvalue weighted by atomic mass is 16.5. The maximum absolute atomic E-state index is 10.3. The molecular weight excluding hydrogens is 438 g/mol. The third kappa shape index (κ3) is 4.10. The minimum atomic E-state index is -1.69. The minimum Gasteiger partial charge on any atom is -0.493 e. The normalized spacial score (nSPS) is 21.1. The van der Waals surface area contributed by atoms with Gasteiger partial charge in [-0.1, -0.05) is 42.5 Å². The van der Waals surface area contributed by atoms with Gasteiger partial charge in [0.05, 0.1) is 37.6 Å². The molecule has 2 unspecified atom stereocenters. The number of methoxy groups -OCH3 is 2. The molecule has 7 heteroatoms. The Morgan fingerprint density at radius 1 is 1.03 bits per heavy atom. The van der Waals surface area contributed by atoms with Crippen LogP contribution in [-0.4, -0.2) is 38.8 Å². The SMILES string of the molecule is COc1ccc(C2C3CN(CCc4ccccc4)CC=C3C(C#N)=C(N)C2(C#N)C#N)cc1OC. The van der Waals surface area contributed by atoms with Gasteiger partial charge in [-0.25, -0.2) is 0 Å². The van der Waals surface area contributed by atoms with E-state index in [0.717, 1.165) is 24.1 Å². The van der Waals surface area contributed by atoms with E-state index < -0.39 is 11.3 Å². The van der Waals surface area contributed by atoms with Crippen molar-refractivity contribution in [1.29, 1.82) is 15.8 Å². The van der Waals surface area contributed by atoms with E-state index in [2.05, 4.69) is 35.2 Å². The molecule has 0 bridgehead atoms. The van der Waals surface area contributed by atoms with Crippen LogP contribution in [0.15, 0.2) is 71.5 Å². The van der Waals surface area contributed by atoms with Crippen molar-refractivity contribution in [3.63, 3.8) is 0 Å². The quantitative estimate of drug-likeness (QED) is 0.691. The second-order valence-corrected chi connectivity index (χ2v) is 8.79. The average molecular weight is 466 g/mol. The van der Waals surface area contributed by atoms with E-state index in [-0.39, 0.29) is 17.2 Å². The second-order valence-electron chi connectivity index (χ2n) is 8.79. The molecule has 4 rings (SSSR count). The molecule has 2 aromatic rings. The molecule has 1 heterocycles. The molecule has 2 atom stereocenters. The van der Waals surface area contributed by atoms with Crippen molar-refractivity contribution in [2.24, 2.45) is 17.1 Å². The van der Waals surface area contributed by atoms with Crippen LogP contribution in [0.2, 0.25) is 0 Å². The molecule has 0 spiro atoms. The lowest BCUT2D eigenvalue weighted by Crippen LogP contribution is -2.48. The standard InChI is InChI=1S/C28H27N5O2/c1-34-24-9-8-20(14-25(24)35-2)26-23-16-33(12-10-19-6-4-3-5-7-19)13-11-21(23)22(15-29)27(32)28(26,17-30)18-31/h3-9,11,14,23,26H,10,12-13,16,32H2,1-2H3. The van der Waals surface area contributed by atoms with Gasteiger partial charge >= 0.3 is 0 Å². The fourth-order valence-electron chi connectivity index (χ4n) is 5.28. The predicted molar refractivity (Wildman–Crippen MR) is 131 cm³/mol. The van der Waals surface area contributed by atoms with Crippen molar-refractivity contribution in [3.05, 3.63) is 82.6 Å². The molecule has 35 heavy (non-hydrogen) atoms. The summed E-state index contributed by atoms with van der Waals surface area (Å²) in [6.45, 7) is 2.08. The van der Waals surface area contributed by atoms with Crippen LogP contribution in [0, 0.1) is 45.3 Å². The smallest absolute Gasteiger partial charge is 0.191 e. The molecule has 7 nitrogen and oxygen atoms in total. The van der Waals surface area contributed by atoms with Gasteiger partial charge in [-0.2, -0.15) is 15.8 Å². The van der Waals surface area contributed by atoms with Gasteiger partial charge in [0.2, 0.25) is 0 Å². The lowest BCUT2D eigenvalue weighted by atomic mass is 9.58. The number of hydrogen-bond acceptors (Lipinski definition) is 7. The number of hydrogen-bond donors (Lipinski definition) is 1. The van der Waals surface area contributed by atoms with Crippen LogP contribution in [0.25, 0.3) is 0 Å². The van der Waals surface area contributed by atoms with E-state index in [0.29, 0.717) is 24.6 Å². The van der Waals surface area contributed by atoms with Crippen LogP contribution in [0.5, 0.6) is 11.5 Å². The fourth-order valence-corrected chi connectivity index (χ4v) is 5.28. The van der Waals surface area contributed by atoms with E-state index in [1.165, 1.54) is 5.56 Å². The molecule has 0 fully saturated rings. The summed E-state index contributed by atoms with van der Waals surface area (Å²) in [6, 6.07) is 22.2. The van der Waals surface area contributed by atoms with Gasteiger partial charge in [0.1, 0.15) is 6.07 Å². The second kappa shape index (κ2) is 9.94. The largest absolute Gasteiger partial charge is 0.493 e. The summed E-state index contributed by atoms with van der Waals surface area (Å²) in [6.07, 6.45) is 2.90. The van der Waals surface area contributed by atoms with Crippen LogP contribution in [-0.2, 0) is 6.42 Å². The van der Waals surface area contributed by atoms with Crippen molar-refractivity contribution in [1.82, 2.24) is 4.90 Å². The van der Waals surface area contributed by atoms with Crippen molar-refractivity contribution in [3.8, 4) is 29.7 Å². The molecule has 0 radical (unpaired) electrons. The first-order valence-corrected chi connectivity index (χ1v) is 11.4. The van der Waals surface area contributed by atoms with Gasteiger partial charge in [0, 0.05) is 31.5 Å². The number of ether oxygens (including phenoxy) is 2. The Bertz CT molecular complexity index is 1280. The number of allylic oxidation sites excluding steroid dienone is 2. The van der Waals surface area contributed by atoms with E-state index >= 15 is 0 Å². The Morgan fingerprint density at radius 2 is 1.74 bits per heavy atom. The molecule has 0 aromatic heterocycles. The minimum absolute atomic E-state index is 0.0185. The summed E-state index contributed by atoms with van der Waals surface area (Å²) < 4.78 is 10.9. The predicted octanol–water partition coefficient (Wildman–Crippen LogP) is 3.67. The molecular formula is C28H27N5O2. The summed E-state index contributed by atoms with van der Waals surface area (Å²) in [5.74, 6) is 0.210. The van der Waals surface area contributed by atoms with E-state index in [4.69, 9.17) is 15.2 Å². The topological polar surface area (TPSA) is 119 Å². The first kappa shape index (κ1) is 23.9. The highest BCUT2D eigenvalue weighted by Gasteiger charge is 2.54. The number of nitrogens with two attached hydrogens (primary N) is 1. The summed E-state index contributed by atoms with van der Waals surface area (Å²) in [5, 5.41) is 30.6. The molecule has 2 aliphatic rings. The first-order chi connectivity index (χ1) is 17.0. The van der Waals surface area contributed by atoms with Crippen molar-refractivity contribution >= 4 is 0 Å². The van der Waals surface area contributed by atoms with Crippen LogP contribution in [0.3, 0.4) is 0 Å². The highest BCUT2D eigenvalue weighted by Crippen LogP contribution is 2.54. The molecule has 0 amide bonds. The Kier molecular flexibility index (Phi) is 6.78. The Balaban J connectivity index is 1.80. The molecule has 0 saturated carbocycles.